The first-order chi connectivity index (χ1) is 11.3. The van der Waals surface area contributed by atoms with E-state index in [0.717, 1.165) is 12.3 Å². The van der Waals surface area contributed by atoms with E-state index in [-0.39, 0.29) is 12.3 Å². The summed E-state index contributed by atoms with van der Waals surface area (Å²) in [5, 5.41) is 2.55. The van der Waals surface area contributed by atoms with E-state index in [4.69, 9.17) is 4.74 Å². The first kappa shape index (κ1) is 14.3. The Morgan fingerprint density at radius 2 is 1.65 bits per heavy atom. The average Bonchev–Trinajstić information content (AvgIpc) is 2.61. The number of benzene rings is 3. The number of hydrogen-bond donors (Lipinski definition) is 0. The number of hydrogen-bond acceptors (Lipinski definition) is 2. The van der Waals surface area contributed by atoms with Crippen LogP contribution in [-0.2, 0) is 0 Å². The van der Waals surface area contributed by atoms with E-state index in [1.807, 2.05) is 0 Å². The van der Waals surface area contributed by atoms with Crippen molar-refractivity contribution in [3.63, 3.8) is 0 Å². The minimum atomic E-state index is 0.0684. The standard InChI is InChI=1S/C21H21NO/c1-3-22-15(2)23-19-14-13-16-9-7-8-12-18(16)20(19)21(22)17-10-5-4-6-11-17/h4-15,21H,3H2,1-2H3/t15-,21+/m0/s1. The molecule has 1 aliphatic heterocycles. The predicted octanol–water partition coefficient (Wildman–Crippen LogP) is 4.99. The third-order valence-corrected chi connectivity index (χ3v) is 4.78. The smallest absolute Gasteiger partial charge is 0.150 e. The zero-order valence-corrected chi connectivity index (χ0v) is 13.6. The molecule has 1 aliphatic rings. The molecule has 0 radical (unpaired) electrons. The van der Waals surface area contributed by atoms with Gasteiger partial charge in [0.15, 0.2) is 6.23 Å². The van der Waals surface area contributed by atoms with Crippen LogP contribution in [0.1, 0.15) is 31.0 Å². The molecule has 3 aromatic carbocycles. The Morgan fingerprint density at radius 1 is 0.913 bits per heavy atom. The Bertz CT molecular complexity index is 828. The van der Waals surface area contributed by atoms with E-state index < -0.39 is 0 Å². The minimum absolute atomic E-state index is 0.0684. The molecule has 0 aromatic heterocycles. The van der Waals surface area contributed by atoms with Crippen molar-refractivity contribution in [1.29, 1.82) is 0 Å². The molecule has 4 rings (SSSR count). The number of rotatable bonds is 2. The lowest BCUT2D eigenvalue weighted by Crippen LogP contribution is -2.44. The van der Waals surface area contributed by atoms with Gasteiger partial charge in [-0.05, 0) is 35.9 Å². The molecule has 1 heterocycles. The minimum Gasteiger partial charge on any atom is -0.475 e. The maximum atomic E-state index is 6.22. The van der Waals surface area contributed by atoms with Gasteiger partial charge in [0, 0.05) is 5.56 Å². The van der Waals surface area contributed by atoms with Gasteiger partial charge in [-0.25, -0.2) is 0 Å². The molecule has 0 spiro atoms. The summed E-state index contributed by atoms with van der Waals surface area (Å²) in [6.45, 7) is 5.28. The molecule has 0 saturated carbocycles. The van der Waals surface area contributed by atoms with Gasteiger partial charge in [0.05, 0.1) is 6.04 Å². The Kier molecular flexibility index (Phi) is 3.55. The lowest BCUT2D eigenvalue weighted by atomic mass is 9.90. The summed E-state index contributed by atoms with van der Waals surface area (Å²) in [6, 6.07) is 23.8. The van der Waals surface area contributed by atoms with Crippen molar-refractivity contribution in [3.05, 3.63) is 77.9 Å². The average molecular weight is 303 g/mol. The van der Waals surface area contributed by atoms with E-state index in [0.29, 0.717) is 0 Å². The van der Waals surface area contributed by atoms with Crippen molar-refractivity contribution < 1.29 is 4.74 Å². The van der Waals surface area contributed by atoms with E-state index in [1.165, 1.54) is 21.9 Å². The maximum absolute atomic E-state index is 6.22. The molecule has 2 nitrogen and oxygen atoms in total. The van der Waals surface area contributed by atoms with Crippen LogP contribution in [0, 0.1) is 0 Å². The second kappa shape index (κ2) is 5.71. The fourth-order valence-corrected chi connectivity index (χ4v) is 3.72. The van der Waals surface area contributed by atoms with Gasteiger partial charge in [-0.2, -0.15) is 0 Å². The second-order valence-electron chi connectivity index (χ2n) is 6.06. The normalized spacial score (nSPS) is 21.0. The molecule has 0 N–H and O–H groups in total. The van der Waals surface area contributed by atoms with Crippen LogP contribution in [0.4, 0.5) is 0 Å². The predicted molar refractivity (Wildman–Crippen MR) is 94.7 cm³/mol. The SMILES string of the molecule is CCN1[C@H](c2ccccc2)c2c(ccc3ccccc23)O[C@H]1C. The van der Waals surface area contributed by atoms with Crippen LogP contribution >= 0.6 is 0 Å². The van der Waals surface area contributed by atoms with Crippen molar-refractivity contribution in [2.24, 2.45) is 0 Å². The van der Waals surface area contributed by atoms with Gasteiger partial charge in [-0.1, -0.05) is 67.6 Å². The third kappa shape index (κ3) is 2.30. The van der Waals surface area contributed by atoms with E-state index >= 15 is 0 Å². The molecule has 116 valence electrons. The van der Waals surface area contributed by atoms with Crippen LogP contribution in [0.3, 0.4) is 0 Å². The molecule has 0 aliphatic carbocycles. The Morgan fingerprint density at radius 3 is 2.43 bits per heavy atom. The maximum Gasteiger partial charge on any atom is 0.150 e. The molecule has 0 fully saturated rings. The van der Waals surface area contributed by atoms with E-state index in [2.05, 4.69) is 85.5 Å². The fraction of sp³-hybridized carbons (Fsp3) is 0.238. The molecule has 0 unspecified atom stereocenters. The largest absolute Gasteiger partial charge is 0.475 e. The first-order valence-electron chi connectivity index (χ1n) is 8.28. The molecular formula is C21H21NO. The molecule has 3 aromatic rings. The topological polar surface area (TPSA) is 12.5 Å². The number of nitrogens with zero attached hydrogens (tertiary/aromatic N) is 1. The lowest BCUT2D eigenvalue weighted by molar-refractivity contribution is 0.000805. The molecule has 23 heavy (non-hydrogen) atoms. The van der Waals surface area contributed by atoms with Gasteiger partial charge in [0.25, 0.3) is 0 Å². The van der Waals surface area contributed by atoms with Crippen LogP contribution in [0.15, 0.2) is 66.7 Å². The van der Waals surface area contributed by atoms with Crippen LogP contribution in [0.5, 0.6) is 5.75 Å². The van der Waals surface area contributed by atoms with Crippen molar-refractivity contribution in [2.45, 2.75) is 26.1 Å². The Hall–Kier alpha value is -2.32. The highest BCUT2D eigenvalue weighted by molar-refractivity contribution is 5.89. The highest BCUT2D eigenvalue weighted by atomic mass is 16.5. The zero-order valence-electron chi connectivity index (χ0n) is 13.6. The highest BCUT2D eigenvalue weighted by Gasteiger charge is 2.34. The monoisotopic (exact) mass is 303 g/mol. The van der Waals surface area contributed by atoms with Gasteiger partial charge in [0.1, 0.15) is 5.75 Å². The van der Waals surface area contributed by atoms with Crippen molar-refractivity contribution in [2.75, 3.05) is 6.54 Å². The summed E-state index contributed by atoms with van der Waals surface area (Å²) in [7, 11) is 0. The summed E-state index contributed by atoms with van der Waals surface area (Å²) >= 11 is 0. The highest BCUT2D eigenvalue weighted by Crippen LogP contribution is 2.44. The van der Waals surface area contributed by atoms with Gasteiger partial charge < -0.3 is 4.74 Å². The second-order valence-corrected chi connectivity index (χ2v) is 6.06. The lowest BCUT2D eigenvalue weighted by Gasteiger charge is -2.42. The van der Waals surface area contributed by atoms with Crippen molar-refractivity contribution in [3.8, 4) is 5.75 Å². The van der Waals surface area contributed by atoms with Crippen LogP contribution in [0.2, 0.25) is 0 Å². The fourth-order valence-electron chi connectivity index (χ4n) is 3.72. The summed E-state index contributed by atoms with van der Waals surface area (Å²) in [5.41, 5.74) is 2.61. The van der Waals surface area contributed by atoms with Gasteiger partial charge in [-0.15, -0.1) is 0 Å². The van der Waals surface area contributed by atoms with Crippen LogP contribution in [-0.4, -0.2) is 17.7 Å². The van der Waals surface area contributed by atoms with E-state index in [1.54, 1.807) is 0 Å². The molecule has 0 amide bonds. The molecule has 2 atom stereocenters. The van der Waals surface area contributed by atoms with Gasteiger partial charge in [0.2, 0.25) is 0 Å². The number of fused-ring (bicyclic) bond motifs is 3. The summed E-state index contributed by atoms with van der Waals surface area (Å²) < 4.78 is 6.22. The molecule has 0 bridgehead atoms. The summed E-state index contributed by atoms with van der Waals surface area (Å²) in [5.74, 6) is 1.01. The van der Waals surface area contributed by atoms with E-state index in [9.17, 15) is 0 Å². The molecule has 0 saturated heterocycles. The summed E-state index contributed by atoms with van der Waals surface area (Å²) in [4.78, 5) is 2.42. The van der Waals surface area contributed by atoms with Gasteiger partial charge in [-0.3, -0.25) is 4.90 Å². The quantitative estimate of drug-likeness (QED) is 0.661. The zero-order chi connectivity index (χ0) is 15.8. The van der Waals surface area contributed by atoms with Crippen molar-refractivity contribution >= 4 is 10.8 Å². The number of ether oxygens (including phenoxy) is 1. The third-order valence-electron chi connectivity index (χ3n) is 4.78. The Balaban J connectivity index is 2.01. The van der Waals surface area contributed by atoms with Gasteiger partial charge >= 0.3 is 0 Å². The molecule has 2 heteroatoms. The Labute approximate surface area is 137 Å². The van der Waals surface area contributed by atoms with Crippen LogP contribution < -0.4 is 4.74 Å². The van der Waals surface area contributed by atoms with Crippen LogP contribution in [0.25, 0.3) is 10.8 Å². The first-order valence-corrected chi connectivity index (χ1v) is 8.28. The van der Waals surface area contributed by atoms with Crippen molar-refractivity contribution in [1.82, 2.24) is 4.90 Å². The summed E-state index contributed by atoms with van der Waals surface area (Å²) in [6.07, 6.45) is 0.0684. The molecular weight excluding hydrogens is 282 g/mol.